The van der Waals surface area contributed by atoms with Gasteiger partial charge in [0.1, 0.15) is 6.04 Å². The highest BCUT2D eigenvalue weighted by Gasteiger charge is 2.18. The minimum absolute atomic E-state index is 0.406. The molecule has 0 aliphatic rings. The largest absolute Gasteiger partial charge is 0.454 e. The van der Waals surface area contributed by atoms with Crippen LogP contribution in [0.2, 0.25) is 0 Å². The molecular formula is C12H13BrN2O4. The number of nitrogens with one attached hydrogen (secondary N) is 1. The van der Waals surface area contributed by atoms with E-state index in [-0.39, 0.29) is 0 Å². The molecule has 0 unspecified atom stereocenters. The van der Waals surface area contributed by atoms with Crippen molar-refractivity contribution in [2.75, 3.05) is 6.61 Å². The Morgan fingerprint density at radius 3 is 2.42 bits per heavy atom. The zero-order valence-electron chi connectivity index (χ0n) is 10.2. The van der Waals surface area contributed by atoms with E-state index in [1.807, 2.05) is 0 Å². The Balaban J connectivity index is 2.54. The van der Waals surface area contributed by atoms with Crippen LogP contribution >= 0.6 is 15.9 Å². The molecule has 0 spiro atoms. The summed E-state index contributed by atoms with van der Waals surface area (Å²) in [5.74, 6) is -1.87. The fraction of sp³-hybridized carbons (Fsp3) is 0.250. The lowest BCUT2D eigenvalue weighted by molar-refractivity contribution is -0.149. The number of primary amides is 1. The molecule has 7 heteroatoms. The number of rotatable bonds is 5. The Morgan fingerprint density at radius 1 is 1.32 bits per heavy atom. The number of benzene rings is 1. The Hall–Kier alpha value is -1.89. The summed E-state index contributed by atoms with van der Waals surface area (Å²) >= 11 is 3.25. The van der Waals surface area contributed by atoms with Crippen molar-refractivity contribution in [1.29, 1.82) is 0 Å². The zero-order chi connectivity index (χ0) is 14.4. The normalized spacial score (nSPS) is 11.5. The summed E-state index contributed by atoms with van der Waals surface area (Å²) in [5.41, 5.74) is 5.25. The first-order valence-corrected chi connectivity index (χ1v) is 6.21. The van der Waals surface area contributed by atoms with Gasteiger partial charge in [0.05, 0.1) is 0 Å². The molecule has 0 aliphatic carbocycles. The molecule has 0 bridgehead atoms. The molecule has 0 heterocycles. The van der Waals surface area contributed by atoms with Gasteiger partial charge in [0.25, 0.3) is 11.8 Å². The topological polar surface area (TPSA) is 98.5 Å². The molecular weight excluding hydrogens is 316 g/mol. The fourth-order valence-electron chi connectivity index (χ4n) is 1.21. The lowest BCUT2D eigenvalue weighted by Crippen LogP contribution is -2.40. The number of halogens is 1. The Kier molecular flexibility index (Phi) is 5.50. The van der Waals surface area contributed by atoms with Crippen LogP contribution < -0.4 is 11.1 Å². The second-order valence-corrected chi connectivity index (χ2v) is 4.69. The Bertz CT molecular complexity index is 487. The lowest BCUT2D eigenvalue weighted by Gasteiger charge is -2.12. The summed E-state index contributed by atoms with van der Waals surface area (Å²) in [4.78, 5) is 33.7. The van der Waals surface area contributed by atoms with E-state index in [9.17, 15) is 14.4 Å². The van der Waals surface area contributed by atoms with Gasteiger partial charge in [0.2, 0.25) is 0 Å². The second-order valence-electron chi connectivity index (χ2n) is 3.78. The molecule has 1 aromatic carbocycles. The maximum Gasteiger partial charge on any atom is 0.328 e. The third-order valence-corrected chi connectivity index (χ3v) is 2.69. The number of hydrogen-bond acceptors (Lipinski definition) is 4. The van der Waals surface area contributed by atoms with Crippen LogP contribution in [0.1, 0.15) is 17.3 Å². The number of carbonyl (C=O) groups is 3. The van der Waals surface area contributed by atoms with Crippen molar-refractivity contribution < 1.29 is 19.1 Å². The maximum absolute atomic E-state index is 11.8. The van der Waals surface area contributed by atoms with Crippen LogP contribution in [0, 0.1) is 0 Å². The highest BCUT2D eigenvalue weighted by Crippen LogP contribution is 2.10. The van der Waals surface area contributed by atoms with Gasteiger partial charge in [-0.1, -0.05) is 15.9 Å². The van der Waals surface area contributed by atoms with Gasteiger partial charge in [0.15, 0.2) is 6.61 Å². The first-order chi connectivity index (χ1) is 8.90. The van der Waals surface area contributed by atoms with Crippen LogP contribution in [-0.4, -0.2) is 30.4 Å². The van der Waals surface area contributed by atoms with Crippen molar-refractivity contribution in [3.8, 4) is 0 Å². The highest BCUT2D eigenvalue weighted by atomic mass is 79.9. The molecule has 0 radical (unpaired) electrons. The van der Waals surface area contributed by atoms with Gasteiger partial charge < -0.3 is 15.8 Å². The number of esters is 1. The van der Waals surface area contributed by atoms with Gasteiger partial charge in [-0.05, 0) is 31.2 Å². The van der Waals surface area contributed by atoms with Crippen molar-refractivity contribution in [3.63, 3.8) is 0 Å². The molecule has 1 atom stereocenters. The fourth-order valence-corrected chi connectivity index (χ4v) is 1.47. The first kappa shape index (κ1) is 15.2. The number of nitrogens with two attached hydrogens (primary N) is 1. The molecule has 3 N–H and O–H groups in total. The number of carbonyl (C=O) groups excluding carboxylic acids is 3. The maximum atomic E-state index is 11.8. The minimum Gasteiger partial charge on any atom is -0.454 e. The molecule has 19 heavy (non-hydrogen) atoms. The van der Waals surface area contributed by atoms with Crippen LogP contribution in [0.25, 0.3) is 0 Å². The van der Waals surface area contributed by atoms with Gasteiger partial charge in [-0.3, -0.25) is 9.59 Å². The molecule has 6 nitrogen and oxygen atoms in total. The number of amides is 2. The van der Waals surface area contributed by atoms with Gasteiger partial charge in [-0.2, -0.15) is 0 Å². The predicted molar refractivity (Wildman–Crippen MR) is 71.2 cm³/mol. The molecule has 0 aliphatic heterocycles. The minimum atomic E-state index is -0.865. The summed E-state index contributed by atoms with van der Waals surface area (Å²) in [7, 11) is 0. The quantitative estimate of drug-likeness (QED) is 0.773. The summed E-state index contributed by atoms with van der Waals surface area (Å²) < 4.78 is 5.43. The van der Waals surface area contributed by atoms with Crippen LogP contribution in [0.4, 0.5) is 0 Å². The van der Waals surface area contributed by atoms with Crippen molar-refractivity contribution in [3.05, 3.63) is 34.3 Å². The van der Waals surface area contributed by atoms with Gasteiger partial charge in [0, 0.05) is 10.0 Å². The molecule has 0 saturated heterocycles. The molecule has 102 valence electrons. The van der Waals surface area contributed by atoms with Gasteiger partial charge in [-0.15, -0.1) is 0 Å². The lowest BCUT2D eigenvalue weighted by atomic mass is 10.2. The van der Waals surface area contributed by atoms with E-state index in [1.165, 1.54) is 6.92 Å². The van der Waals surface area contributed by atoms with E-state index >= 15 is 0 Å². The molecule has 0 fully saturated rings. The molecule has 1 rings (SSSR count). The summed E-state index contributed by atoms with van der Waals surface area (Å²) in [6.45, 7) is 0.956. The average Bonchev–Trinajstić information content (AvgIpc) is 2.36. The van der Waals surface area contributed by atoms with E-state index in [0.29, 0.717) is 5.56 Å². The van der Waals surface area contributed by atoms with Crippen molar-refractivity contribution in [1.82, 2.24) is 5.32 Å². The molecule has 0 aromatic heterocycles. The van der Waals surface area contributed by atoms with E-state index in [0.717, 1.165) is 4.47 Å². The van der Waals surface area contributed by atoms with Crippen LogP contribution in [0.15, 0.2) is 28.7 Å². The summed E-state index contributed by atoms with van der Waals surface area (Å²) in [5, 5.41) is 2.46. The number of hydrogen-bond donors (Lipinski definition) is 2. The van der Waals surface area contributed by atoms with E-state index in [2.05, 4.69) is 26.0 Å². The van der Waals surface area contributed by atoms with Crippen molar-refractivity contribution in [2.45, 2.75) is 13.0 Å². The third kappa shape index (κ3) is 5.09. The molecule has 1 aromatic rings. The smallest absolute Gasteiger partial charge is 0.328 e. The summed E-state index contributed by atoms with van der Waals surface area (Å²) in [6.07, 6.45) is 0. The average molecular weight is 329 g/mol. The molecule has 2 amide bonds. The van der Waals surface area contributed by atoms with Gasteiger partial charge >= 0.3 is 5.97 Å². The number of ether oxygens (including phenoxy) is 1. The van der Waals surface area contributed by atoms with E-state index < -0.39 is 30.4 Å². The van der Waals surface area contributed by atoms with Crippen LogP contribution in [0.5, 0.6) is 0 Å². The summed E-state index contributed by atoms with van der Waals surface area (Å²) in [6, 6.07) is 5.79. The Labute approximate surface area is 118 Å². The highest BCUT2D eigenvalue weighted by molar-refractivity contribution is 9.10. The van der Waals surface area contributed by atoms with E-state index in [4.69, 9.17) is 5.73 Å². The Morgan fingerprint density at radius 2 is 1.89 bits per heavy atom. The van der Waals surface area contributed by atoms with Crippen molar-refractivity contribution >= 4 is 33.7 Å². The second kappa shape index (κ2) is 6.89. The first-order valence-electron chi connectivity index (χ1n) is 5.41. The SMILES string of the molecule is C[C@H](NC(=O)c1ccc(Br)cc1)C(=O)OCC(N)=O. The van der Waals surface area contributed by atoms with Crippen LogP contribution in [-0.2, 0) is 14.3 Å². The zero-order valence-corrected chi connectivity index (χ0v) is 11.8. The van der Waals surface area contributed by atoms with Crippen LogP contribution in [0.3, 0.4) is 0 Å². The van der Waals surface area contributed by atoms with E-state index in [1.54, 1.807) is 24.3 Å². The standard InChI is InChI=1S/C12H13BrN2O4/c1-7(12(18)19-6-10(14)16)15-11(17)8-2-4-9(13)5-3-8/h2-5,7H,6H2,1H3,(H2,14,16)(H,15,17)/t7-/m0/s1. The predicted octanol–water partition coefficient (Wildman–Crippen LogP) is 0.596. The van der Waals surface area contributed by atoms with Crippen molar-refractivity contribution in [2.24, 2.45) is 5.73 Å². The third-order valence-electron chi connectivity index (χ3n) is 2.16. The molecule has 0 saturated carbocycles. The monoisotopic (exact) mass is 328 g/mol. The van der Waals surface area contributed by atoms with Gasteiger partial charge in [-0.25, -0.2) is 4.79 Å².